The van der Waals surface area contributed by atoms with Crippen LogP contribution in [0.25, 0.3) is 0 Å². The van der Waals surface area contributed by atoms with Crippen molar-refractivity contribution in [2.24, 2.45) is 5.92 Å². The largest absolute Gasteiger partial charge is 0.342 e. The summed E-state index contributed by atoms with van der Waals surface area (Å²) in [5.74, 6) is 0.735. The number of rotatable bonds is 1. The van der Waals surface area contributed by atoms with Gasteiger partial charge in [0.15, 0.2) is 0 Å². The molecule has 0 saturated carbocycles. The molecule has 4 heteroatoms. The molecule has 0 aromatic rings. The number of hydrogen-bond acceptors (Lipinski definition) is 2. The van der Waals surface area contributed by atoms with Crippen molar-refractivity contribution < 1.29 is 4.79 Å². The number of piperidine rings is 1. The summed E-state index contributed by atoms with van der Waals surface area (Å²) >= 11 is 0. The van der Waals surface area contributed by atoms with Crippen LogP contribution in [0.3, 0.4) is 0 Å². The molecule has 0 spiro atoms. The summed E-state index contributed by atoms with van der Waals surface area (Å²) in [6.07, 6.45) is 4.48. The van der Waals surface area contributed by atoms with Crippen molar-refractivity contribution in [3.05, 3.63) is 0 Å². The van der Waals surface area contributed by atoms with Gasteiger partial charge in [-0.2, -0.15) is 0 Å². The topological polar surface area (TPSA) is 32.3 Å². The van der Waals surface area contributed by atoms with E-state index in [2.05, 4.69) is 10.2 Å². The van der Waals surface area contributed by atoms with E-state index < -0.39 is 0 Å². The molecule has 1 N–H and O–H groups in total. The van der Waals surface area contributed by atoms with Crippen LogP contribution in [0.1, 0.15) is 25.7 Å². The van der Waals surface area contributed by atoms with E-state index in [9.17, 15) is 4.79 Å². The van der Waals surface area contributed by atoms with Gasteiger partial charge in [0.25, 0.3) is 0 Å². The standard InChI is InChI=1S/C10H18N2O.ClH/c13-10(12-7-1-2-8-12)9-3-5-11-6-4-9;/h9,11H,1-8H2;1H. The molecule has 3 nitrogen and oxygen atoms in total. The Labute approximate surface area is 91.6 Å². The summed E-state index contributed by atoms with van der Waals surface area (Å²) in [5.41, 5.74) is 0. The van der Waals surface area contributed by atoms with Crippen LogP contribution in [-0.2, 0) is 4.79 Å². The number of nitrogens with zero attached hydrogens (tertiary/aromatic N) is 1. The third-order valence-electron chi connectivity index (χ3n) is 3.11. The molecular formula is C10H19ClN2O. The van der Waals surface area contributed by atoms with Gasteiger partial charge in [0.2, 0.25) is 5.91 Å². The average Bonchev–Trinajstić information content (AvgIpc) is 2.71. The van der Waals surface area contributed by atoms with Crippen molar-refractivity contribution >= 4 is 18.3 Å². The van der Waals surface area contributed by atoms with Gasteiger partial charge in [-0.1, -0.05) is 0 Å². The van der Waals surface area contributed by atoms with E-state index in [1.807, 2.05) is 0 Å². The Morgan fingerprint density at radius 2 is 1.71 bits per heavy atom. The number of nitrogens with one attached hydrogen (secondary N) is 1. The van der Waals surface area contributed by atoms with Crippen molar-refractivity contribution in [3.63, 3.8) is 0 Å². The van der Waals surface area contributed by atoms with E-state index in [0.717, 1.165) is 39.0 Å². The van der Waals surface area contributed by atoms with Gasteiger partial charge in [0.05, 0.1) is 0 Å². The summed E-state index contributed by atoms with van der Waals surface area (Å²) in [6, 6.07) is 0. The number of amides is 1. The van der Waals surface area contributed by atoms with E-state index in [-0.39, 0.29) is 12.4 Å². The van der Waals surface area contributed by atoms with Crippen LogP contribution in [0, 0.1) is 5.92 Å². The quantitative estimate of drug-likeness (QED) is 0.713. The molecule has 1 amide bonds. The lowest BCUT2D eigenvalue weighted by Crippen LogP contribution is -2.39. The van der Waals surface area contributed by atoms with Gasteiger partial charge in [-0.15, -0.1) is 12.4 Å². The van der Waals surface area contributed by atoms with E-state index in [1.54, 1.807) is 0 Å². The Bertz CT molecular complexity index is 187. The molecule has 2 saturated heterocycles. The number of hydrogen-bond donors (Lipinski definition) is 1. The average molecular weight is 219 g/mol. The molecule has 2 aliphatic heterocycles. The van der Waals surface area contributed by atoms with Crippen LogP contribution in [0.4, 0.5) is 0 Å². The predicted molar refractivity (Wildman–Crippen MR) is 58.7 cm³/mol. The summed E-state index contributed by atoms with van der Waals surface area (Å²) in [6.45, 7) is 4.04. The van der Waals surface area contributed by atoms with Gasteiger partial charge in [-0.25, -0.2) is 0 Å². The normalized spacial score (nSPS) is 23.3. The second-order valence-electron chi connectivity index (χ2n) is 4.06. The van der Waals surface area contributed by atoms with E-state index in [4.69, 9.17) is 0 Å². The van der Waals surface area contributed by atoms with Gasteiger partial charge in [-0.3, -0.25) is 4.79 Å². The van der Waals surface area contributed by atoms with Gasteiger partial charge in [-0.05, 0) is 38.8 Å². The Morgan fingerprint density at radius 3 is 2.29 bits per heavy atom. The monoisotopic (exact) mass is 218 g/mol. The maximum atomic E-state index is 11.9. The third kappa shape index (κ3) is 2.61. The lowest BCUT2D eigenvalue weighted by molar-refractivity contribution is -0.135. The van der Waals surface area contributed by atoms with Gasteiger partial charge in [0.1, 0.15) is 0 Å². The minimum Gasteiger partial charge on any atom is -0.342 e. The fraction of sp³-hybridized carbons (Fsp3) is 0.900. The van der Waals surface area contributed by atoms with Crippen LogP contribution in [0.2, 0.25) is 0 Å². The Hall–Kier alpha value is -0.280. The molecule has 2 aliphatic rings. The number of likely N-dealkylation sites (tertiary alicyclic amines) is 1. The zero-order valence-corrected chi connectivity index (χ0v) is 9.31. The summed E-state index contributed by atoms with van der Waals surface area (Å²) in [4.78, 5) is 14.0. The molecular weight excluding hydrogens is 200 g/mol. The van der Waals surface area contributed by atoms with Gasteiger partial charge in [0, 0.05) is 19.0 Å². The molecule has 0 aromatic carbocycles. The molecule has 0 aromatic heterocycles. The SMILES string of the molecule is Cl.O=C(C1CCNCC1)N1CCCC1. The number of halogens is 1. The highest BCUT2D eigenvalue weighted by Crippen LogP contribution is 2.18. The smallest absolute Gasteiger partial charge is 0.225 e. The molecule has 0 aliphatic carbocycles. The van der Waals surface area contributed by atoms with Crippen molar-refractivity contribution in [2.45, 2.75) is 25.7 Å². The van der Waals surface area contributed by atoms with Crippen LogP contribution >= 0.6 is 12.4 Å². The lowest BCUT2D eigenvalue weighted by atomic mass is 9.97. The van der Waals surface area contributed by atoms with Crippen molar-refractivity contribution in [2.75, 3.05) is 26.2 Å². The molecule has 0 radical (unpaired) electrons. The molecule has 82 valence electrons. The van der Waals surface area contributed by atoms with Gasteiger partial charge >= 0.3 is 0 Å². The van der Waals surface area contributed by atoms with E-state index in [0.29, 0.717) is 11.8 Å². The first-order valence-electron chi connectivity index (χ1n) is 5.37. The minimum atomic E-state index is 0. The van der Waals surface area contributed by atoms with Crippen molar-refractivity contribution in [1.82, 2.24) is 10.2 Å². The fourth-order valence-corrected chi connectivity index (χ4v) is 2.26. The van der Waals surface area contributed by atoms with Crippen LogP contribution in [0.15, 0.2) is 0 Å². The fourth-order valence-electron chi connectivity index (χ4n) is 2.26. The summed E-state index contributed by atoms with van der Waals surface area (Å²) < 4.78 is 0. The third-order valence-corrected chi connectivity index (χ3v) is 3.11. The number of carbonyl (C=O) groups is 1. The molecule has 2 rings (SSSR count). The number of carbonyl (C=O) groups excluding carboxylic acids is 1. The van der Waals surface area contributed by atoms with Crippen molar-refractivity contribution in [1.29, 1.82) is 0 Å². The van der Waals surface area contributed by atoms with Crippen molar-refractivity contribution in [3.8, 4) is 0 Å². The highest BCUT2D eigenvalue weighted by molar-refractivity contribution is 5.85. The summed E-state index contributed by atoms with van der Waals surface area (Å²) in [5, 5.41) is 3.29. The van der Waals surface area contributed by atoms with Crippen LogP contribution in [-0.4, -0.2) is 37.0 Å². The second-order valence-corrected chi connectivity index (χ2v) is 4.06. The Morgan fingerprint density at radius 1 is 1.14 bits per heavy atom. The Balaban J connectivity index is 0.000000980. The Kier molecular flexibility index (Phi) is 4.69. The highest BCUT2D eigenvalue weighted by Gasteiger charge is 2.27. The maximum absolute atomic E-state index is 11.9. The first kappa shape index (κ1) is 11.8. The molecule has 0 atom stereocenters. The summed E-state index contributed by atoms with van der Waals surface area (Å²) in [7, 11) is 0. The maximum Gasteiger partial charge on any atom is 0.225 e. The first-order valence-corrected chi connectivity index (χ1v) is 5.37. The first-order chi connectivity index (χ1) is 6.38. The lowest BCUT2D eigenvalue weighted by Gasteiger charge is -2.26. The van der Waals surface area contributed by atoms with E-state index in [1.165, 1.54) is 12.8 Å². The van der Waals surface area contributed by atoms with Crippen LogP contribution in [0.5, 0.6) is 0 Å². The molecule has 0 unspecified atom stereocenters. The second kappa shape index (κ2) is 5.56. The van der Waals surface area contributed by atoms with Crippen LogP contribution < -0.4 is 5.32 Å². The zero-order chi connectivity index (χ0) is 9.10. The predicted octanol–water partition coefficient (Wildman–Crippen LogP) is 1.03. The van der Waals surface area contributed by atoms with Gasteiger partial charge < -0.3 is 10.2 Å². The molecule has 2 fully saturated rings. The highest BCUT2D eigenvalue weighted by atomic mass is 35.5. The molecule has 0 bridgehead atoms. The van der Waals surface area contributed by atoms with E-state index >= 15 is 0 Å². The molecule has 2 heterocycles. The molecule has 14 heavy (non-hydrogen) atoms. The zero-order valence-electron chi connectivity index (χ0n) is 8.50. The minimum absolute atomic E-state index is 0.